The summed E-state index contributed by atoms with van der Waals surface area (Å²) in [6.45, 7) is 2.32. The van der Waals surface area contributed by atoms with Crippen molar-refractivity contribution in [3.63, 3.8) is 0 Å². The summed E-state index contributed by atoms with van der Waals surface area (Å²) in [5, 5.41) is 0. The number of rotatable bonds is 8. The number of nitrogens with zero attached hydrogens (tertiary/aromatic N) is 5. The first-order valence-electron chi connectivity index (χ1n) is 12.5. The van der Waals surface area contributed by atoms with Crippen molar-refractivity contribution in [1.29, 1.82) is 0 Å². The van der Waals surface area contributed by atoms with E-state index in [2.05, 4.69) is 25.9 Å². The predicted molar refractivity (Wildman–Crippen MR) is 132 cm³/mol. The molecule has 0 spiro atoms. The molecule has 2 aromatic heterocycles. The molecule has 0 bridgehead atoms. The Morgan fingerprint density at radius 1 is 1.22 bits per heavy atom. The number of fused-ring (bicyclic) bond motifs is 1. The minimum Gasteiger partial charge on any atom is -0.496 e. The van der Waals surface area contributed by atoms with E-state index in [1.807, 2.05) is 6.07 Å². The molecule has 2 aliphatic heterocycles. The lowest BCUT2D eigenvalue weighted by Gasteiger charge is -2.38. The lowest BCUT2D eigenvalue weighted by atomic mass is 9.86. The summed E-state index contributed by atoms with van der Waals surface area (Å²) < 4.78 is 43.3. The van der Waals surface area contributed by atoms with Gasteiger partial charge in [0.1, 0.15) is 23.4 Å². The molecule has 2 fully saturated rings. The van der Waals surface area contributed by atoms with Crippen LogP contribution < -0.4 is 14.4 Å². The molecule has 0 N–H and O–H groups in total. The summed E-state index contributed by atoms with van der Waals surface area (Å²) in [6.07, 6.45) is 6.24. The molecular weight excluding hydrogens is 484 g/mol. The van der Waals surface area contributed by atoms with Crippen LogP contribution in [-0.2, 0) is 11.2 Å². The van der Waals surface area contributed by atoms with Crippen LogP contribution in [0.5, 0.6) is 11.8 Å². The van der Waals surface area contributed by atoms with Crippen molar-refractivity contribution in [2.24, 2.45) is 5.92 Å². The molecule has 0 radical (unpaired) electrons. The maximum absolute atomic E-state index is 13.4. The Balaban J connectivity index is 1.33. The first kappa shape index (κ1) is 25.3. The Labute approximate surface area is 214 Å². The van der Waals surface area contributed by atoms with Crippen molar-refractivity contribution in [3.05, 3.63) is 41.4 Å². The van der Waals surface area contributed by atoms with Crippen molar-refractivity contribution in [2.45, 2.75) is 38.2 Å². The fraction of sp³-hybridized carbons (Fsp3) is 0.538. The number of piperidine rings is 1. The number of carbonyl (C=O) groups is 1. The smallest absolute Gasteiger partial charge is 0.319 e. The van der Waals surface area contributed by atoms with Crippen LogP contribution in [0.3, 0.4) is 0 Å². The van der Waals surface area contributed by atoms with E-state index in [0.29, 0.717) is 31.4 Å². The molecule has 198 valence electrons. The average Bonchev–Trinajstić information content (AvgIpc) is 3.31. The lowest BCUT2D eigenvalue weighted by Crippen LogP contribution is -2.58. The van der Waals surface area contributed by atoms with Gasteiger partial charge in [-0.05, 0) is 37.3 Å². The molecule has 0 saturated carbocycles. The van der Waals surface area contributed by atoms with Gasteiger partial charge in [-0.1, -0.05) is 6.08 Å². The predicted octanol–water partition coefficient (Wildman–Crippen LogP) is 3.24. The minimum atomic E-state index is -2.86. The molecular formula is C26H31F2N5O4. The Morgan fingerprint density at radius 2 is 1.97 bits per heavy atom. The van der Waals surface area contributed by atoms with Crippen LogP contribution in [0.4, 0.5) is 14.6 Å². The molecule has 0 unspecified atom stereocenters. The summed E-state index contributed by atoms with van der Waals surface area (Å²) in [5.41, 5.74) is 3.46. The van der Waals surface area contributed by atoms with E-state index in [0.717, 1.165) is 41.2 Å². The molecule has 2 aromatic rings. The SMILES string of the molecule is COC[C@@H](C)Oc1nc(C(=O)N2CC(F)(F)C2)cc(N2CCC(C3=CCc4nccc(OC)c43)CC2)n1. The highest BCUT2D eigenvalue weighted by Crippen LogP contribution is 2.42. The van der Waals surface area contributed by atoms with E-state index in [4.69, 9.17) is 14.2 Å². The highest BCUT2D eigenvalue weighted by atomic mass is 19.3. The normalized spacial score (nSPS) is 19.6. The van der Waals surface area contributed by atoms with Crippen LogP contribution in [0.15, 0.2) is 24.4 Å². The Morgan fingerprint density at radius 3 is 2.65 bits per heavy atom. The van der Waals surface area contributed by atoms with E-state index in [1.54, 1.807) is 33.4 Å². The summed E-state index contributed by atoms with van der Waals surface area (Å²) in [5.74, 6) is -1.67. The van der Waals surface area contributed by atoms with Crippen molar-refractivity contribution in [3.8, 4) is 11.8 Å². The molecule has 4 heterocycles. The molecule has 3 aliphatic rings. The zero-order valence-electron chi connectivity index (χ0n) is 21.2. The number of aromatic nitrogens is 3. The molecule has 1 amide bonds. The van der Waals surface area contributed by atoms with Crippen molar-refractivity contribution >= 4 is 17.3 Å². The number of allylic oxidation sites excluding steroid dienone is 2. The van der Waals surface area contributed by atoms with Gasteiger partial charge in [0, 0.05) is 44.4 Å². The van der Waals surface area contributed by atoms with Gasteiger partial charge in [0.05, 0.1) is 32.5 Å². The van der Waals surface area contributed by atoms with Gasteiger partial charge in [0.15, 0.2) is 0 Å². The topological polar surface area (TPSA) is 89.9 Å². The van der Waals surface area contributed by atoms with Gasteiger partial charge in [-0.15, -0.1) is 0 Å². The second kappa shape index (κ2) is 10.2. The largest absolute Gasteiger partial charge is 0.496 e. The Hall–Kier alpha value is -3.34. The fourth-order valence-corrected chi connectivity index (χ4v) is 5.22. The molecule has 1 atom stereocenters. The number of likely N-dealkylation sites (tertiary alicyclic amines) is 1. The zero-order chi connectivity index (χ0) is 26.2. The molecule has 37 heavy (non-hydrogen) atoms. The first-order chi connectivity index (χ1) is 17.8. The maximum atomic E-state index is 13.4. The quantitative estimate of drug-likeness (QED) is 0.530. The average molecular weight is 516 g/mol. The van der Waals surface area contributed by atoms with Gasteiger partial charge in [-0.25, -0.2) is 8.78 Å². The van der Waals surface area contributed by atoms with Crippen LogP contribution in [0.1, 0.15) is 41.5 Å². The van der Waals surface area contributed by atoms with Gasteiger partial charge >= 0.3 is 6.01 Å². The number of methoxy groups -OCH3 is 2. The number of amides is 1. The van der Waals surface area contributed by atoms with E-state index < -0.39 is 24.9 Å². The molecule has 0 aromatic carbocycles. The third-order valence-electron chi connectivity index (χ3n) is 7.02. The zero-order valence-corrected chi connectivity index (χ0v) is 21.2. The van der Waals surface area contributed by atoms with Crippen LogP contribution in [0.25, 0.3) is 5.57 Å². The number of hydrogen-bond donors (Lipinski definition) is 0. The van der Waals surface area contributed by atoms with Crippen LogP contribution >= 0.6 is 0 Å². The Kier molecular flexibility index (Phi) is 6.98. The third-order valence-corrected chi connectivity index (χ3v) is 7.02. The van der Waals surface area contributed by atoms with E-state index in [-0.39, 0.29) is 17.8 Å². The van der Waals surface area contributed by atoms with Crippen LogP contribution in [-0.4, -0.2) is 84.8 Å². The van der Waals surface area contributed by atoms with Gasteiger partial charge in [-0.3, -0.25) is 9.78 Å². The Bertz CT molecular complexity index is 1190. The molecule has 11 heteroatoms. The molecule has 2 saturated heterocycles. The number of ether oxygens (including phenoxy) is 3. The summed E-state index contributed by atoms with van der Waals surface area (Å²) in [4.78, 5) is 29.4. The summed E-state index contributed by atoms with van der Waals surface area (Å²) in [6, 6.07) is 3.50. The summed E-state index contributed by atoms with van der Waals surface area (Å²) in [7, 11) is 3.24. The first-order valence-corrected chi connectivity index (χ1v) is 12.5. The van der Waals surface area contributed by atoms with Crippen molar-refractivity contribution in [2.75, 3.05) is 51.9 Å². The standard InChI is InChI=1S/C26H31F2N5O4/c1-16(13-35-2)37-25-30-20(24(34)33-14-26(27,28)15-33)12-22(31-25)32-10-7-17(8-11-32)18-4-5-19-23(18)21(36-3)6-9-29-19/h4,6,9,12,16-17H,5,7-8,10-11,13-15H2,1-3H3/t16-/m1/s1. The van der Waals surface area contributed by atoms with Gasteiger partial charge in [0.25, 0.3) is 11.8 Å². The highest BCUT2D eigenvalue weighted by Gasteiger charge is 2.47. The summed E-state index contributed by atoms with van der Waals surface area (Å²) >= 11 is 0. The number of carbonyl (C=O) groups excluding carboxylic acids is 1. The van der Waals surface area contributed by atoms with Gasteiger partial charge < -0.3 is 24.0 Å². The van der Waals surface area contributed by atoms with Crippen LogP contribution in [0, 0.1) is 5.92 Å². The third kappa shape index (κ3) is 5.22. The van der Waals surface area contributed by atoms with Gasteiger partial charge in [0.2, 0.25) is 0 Å². The van der Waals surface area contributed by atoms with Crippen LogP contribution in [0.2, 0.25) is 0 Å². The number of pyridine rings is 1. The second-order valence-electron chi connectivity index (χ2n) is 9.75. The van der Waals surface area contributed by atoms with Crippen molar-refractivity contribution in [1.82, 2.24) is 19.9 Å². The maximum Gasteiger partial charge on any atom is 0.319 e. The number of hydrogen-bond acceptors (Lipinski definition) is 8. The molecule has 1 aliphatic carbocycles. The lowest BCUT2D eigenvalue weighted by molar-refractivity contribution is -0.113. The monoisotopic (exact) mass is 515 g/mol. The second-order valence-corrected chi connectivity index (χ2v) is 9.75. The minimum absolute atomic E-state index is 0.0306. The molecule has 5 rings (SSSR count). The highest BCUT2D eigenvalue weighted by molar-refractivity contribution is 5.93. The number of anilines is 1. The van der Waals surface area contributed by atoms with Crippen molar-refractivity contribution < 1.29 is 27.8 Å². The van der Waals surface area contributed by atoms with E-state index in [9.17, 15) is 13.6 Å². The number of alkyl halides is 2. The van der Waals surface area contributed by atoms with E-state index >= 15 is 0 Å². The molecule has 9 nitrogen and oxygen atoms in total. The van der Waals surface area contributed by atoms with E-state index in [1.165, 1.54) is 5.57 Å². The fourth-order valence-electron chi connectivity index (χ4n) is 5.22. The number of halogens is 2. The van der Waals surface area contributed by atoms with Gasteiger partial charge in [-0.2, -0.15) is 9.97 Å².